The lowest BCUT2D eigenvalue weighted by Gasteiger charge is -2.12. The van der Waals surface area contributed by atoms with Gasteiger partial charge in [-0.15, -0.1) is 0 Å². The Morgan fingerprint density at radius 1 is 1.24 bits per heavy atom. The lowest BCUT2D eigenvalue weighted by molar-refractivity contribution is -0.137. The van der Waals surface area contributed by atoms with Gasteiger partial charge in [0, 0.05) is 5.70 Å². The van der Waals surface area contributed by atoms with Crippen LogP contribution in [0.4, 0.5) is 13.2 Å². The van der Waals surface area contributed by atoms with E-state index < -0.39 is 29.8 Å². The van der Waals surface area contributed by atoms with E-state index in [0.29, 0.717) is 0 Å². The first-order chi connectivity index (χ1) is 9.75. The zero-order chi connectivity index (χ0) is 16.0. The van der Waals surface area contributed by atoms with Gasteiger partial charge in [0.1, 0.15) is 5.82 Å². The molecule has 0 spiro atoms. The predicted molar refractivity (Wildman–Crippen MR) is 70.5 cm³/mol. The summed E-state index contributed by atoms with van der Waals surface area (Å²) < 4.78 is 38.3. The van der Waals surface area contributed by atoms with E-state index in [9.17, 15) is 18.0 Å². The van der Waals surface area contributed by atoms with Gasteiger partial charge in [-0.3, -0.25) is 4.79 Å². The molecule has 21 heavy (non-hydrogen) atoms. The maximum absolute atomic E-state index is 12.8. The van der Waals surface area contributed by atoms with Crippen molar-refractivity contribution < 1.29 is 23.1 Å². The molecule has 5 nitrogen and oxygen atoms in total. The van der Waals surface area contributed by atoms with Gasteiger partial charge in [0.25, 0.3) is 5.91 Å². The van der Waals surface area contributed by atoms with Gasteiger partial charge in [0.15, 0.2) is 0 Å². The lowest BCUT2D eigenvalue weighted by atomic mass is 10.1. The zero-order valence-electron chi connectivity index (χ0n) is 10.8. The van der Waals surface area contributed by atoms with Crippen LogP contribution in [0.2, 0.25) is 0 Å². The number of aliphatic hydroxyl groups excluding tert-OH is 1. The second kappa shape index (κ2) is 6.80. The Morgan fingerprint density at radius 2 is 1.86 bits per heavy atom. The van der Waals surface area contributed by atoms with E-state index in [1.54, 1.807) is 0 Å². The number of amides is 1. The third kappa shape index (κ3) is 4.84. The SMILES string of the molecule is N/C(=C\C=C(/N)NC(=O)c1ccccc1C(F)(F)F)CO. The van der Waals surface area contributed by atoms with Crippen molar-refractivity contribution in [3.8, 4) is 0 Å². The Balaban J connectivity index is 2.96. The minimum absolute atomic E-state index is 0.0860. The molecule has 0 heterocycles. The van der Waals surface area contributed by atoms with Crippen molar-refractivity contribution in [3.05, 3.63) is 59.1 Å². The quantitative estimate of drug-likeness (QED) is 0.625. The van der Waals surface area contributed by atoms with E-state index in [4.69, 9.17) is 16.6 Å². The summed E-state index contributed by atoms with van der Waals surface area (Å²) in [7, 11) is 0. The number of allylic oxidation sites excluding steroid dienone is 2. The maximum Gasteiger partial charge on any atom is 0.417 e. The van der Waals surface area contributed by atoms with Crippen LogP contribution >= 0.6 is 0 Å². The van der Waals surface area contributed by atoms with Gasteiger partial charge < -0.3 is 21.9 Å². The number of aliphatic hydroxyl groups is 1. The molecule has 1 aromatic rings. The van der Waals surface area contributed by atoms with Crippen molar-refractivity contribution in [2.75, 3.05) is 6.61 Å². The highest BCUT2D eigenvalue weighted by atomic mass is 19.4. The molecule has 0 aliphatic heterocycles. The highest BCUT2D eigenvalue weighted by Crippen LogP contribution is 2.31. The average Bonchev–Trinajstić information content (AvgIpc) is 2.43. The first-order valence-corrected chi connectivity index (χ1v) is 5.76. The lowest BCUT2D eigenvalue weighted by Crippen LogP contribution is -2.29. The summed E-state index contributed by atoms with van der Waals surface area (Å²) in [4.78, 5) is 11.8. The molecule has 0 radical (unpaired) electrons. The van der Waals surface area contributed by atoms with Gasteiger partial charge in [0.05, 0.1) is 17.7 Å². The van der Waals surface area contributed by atoms with Crippen molar-refractivity contribution in [1.29, 1.82) is 0 Å². The fourth-order valence-electron chi connectivity index (χ4n) is 1.42. The molecule has 0 saturated carbocycles. The normalized spacial score (nSPS) is 13.1. The van der Waals surface area contributed by atoms with Gasteiger partial charge in [-0.25, -0.2) is 0 Å². The number of nitrogens with two attached hydrogens (primary N) is 2. The highest BCUT2D eigenvalue weighted by molar-refractivity contribution is 5.96. The summed E-state index contributed by atoms with van der Waals surface area (Å²) in [6, 6.07) is 4.35. The van der Waals surface area contributed by atoms with Gasteiger partial charge in [-0.1, -0.05) is 12.1 Å². The van der Waals surface area contributed by atoms with E-state index in [-0.39, 0.29) is 11.5 Å². The molecule has 1 aromatic carbocycles. The number of hydrogen-bond donors (Lipinski definition) is 4. The van der Waals surface area contributed by atoms with Crippen molar-refractivity contribution in [1.82, 2.24) is 5.32 Å². The van der Waals surface area contributed by atoms with Crippen molar-refractivity contribution >= 4 is 5.91 Å². The van der Waals surface area contributed by atoms with Crippen LogP contribution in [0.1, 0.15) is 15.9 Å². The Morgan fingerprint density at radius 3 is 2.43 bits per heavy atom. The van der Waals surface area contributed by atoms with Crippen LogP contribution in [-0.2, 0) is 6.18 Å². The van der Waals surface area contributed by atoms with E-state index in [2.05, 4.69) is 5.32 Å². The van der Waals surface area contributed by atoms with Crippen LogP contribution in [0.25, 0.3) is 0 Å². The molecule has 1 amide bonds. The van der Waals surface area contributed by atoms with Crippen LogP contribution in [0.15, 0.2) is 47.9 Å². The van der Waals surface area contributed by atoms with Gasteiger partial charge in [-0.2, -0.15) is 13.2 Å². The largest absolute Gasteiger partial charge is 0.417 e. The van der Waals surface area contributed by atoms with E-state index >= 15 is 0 Å². The number of carbonyl (C=O) groups is 1. The van der Waals surface area contributed by atoms with Crippen LogP contribution in [0.3, 0.4) is 0 Å². The average molecular weight is 301 g/mol. The number of benzene rings is 1. The fourth-order valence-corrected chi connectivity index (χ4v) is 1.42. The molecular weight excluding hydrogens is 287 g/mol. The zero-order valence-corrected chi connectivity index (χ0v) is 10.8. The summed E-state index contributed by atoms with van der Waals surface area (Å²) in [5.74, 6) is -1.19. The third-order valence-electron chi connectivity index (χ3n) is 2.39. The molecular formula is C13H14F3N3O2. The summed E-state index contributed by atoms with van der Waals surface area (Å²) >= 11 is 0. The summed E-state index contributed by atoms with van der Waals surface area (Å²) in [6.45, 7) is -0.408. The first kappa shape index (κ1) is 16.6. The molecule has 6 N–H and O–H groups in total. The number of rotatable bonds is 4. The highest BCUT2D eigenvalue weighted by Gasteiger charge is 2.34. The van der Waals surface area contributed by atoms with Crippen LogP contribution < -0.4 is 16.8 Å². The minimum atomic E-state index is -4.65. The number of nitrogens with one attached hydrogen (secondary N) is 1. The van der Waals surface area contributed by atoms with Crippen LogP contribution in [-0.4, -0.2) is 17.6 Å². The first-order valence-electron chi connectivity index (χ1n) is 5.76. The molecule has 0 aromatic heterocycles. The number of halogens is 3. The van der Waals surface area contributed by atoms with Gasteiger partial charge in [-0.05, 0) is 24.3 Å². The number of hydrogen-bond acceptors (Lipinski definition) is 4. The second-order valence-electron chi connectivity index (χ2n) is 4.02. The van der Waals surface area contributed by atoms with Crippen molar-refractivity contribution in [2.45, 2.75) is 6.18 Å². The molecule has 0 bridgehead atoms. The molecule has 0 fully saturated rings. The number of alkyl halides is 3. The van der Waals surface area contributed by atoms with Crippen molar-refractivity contribution in [2.24, 2.45) is 11.5 Å². The second-order valence-corrected chi connectivity index (χ2v) is 4.02. The maximum atomic E-state index is 12.8. The standard InChI is InChI=1S/C13H14F3N3O2/c14-13(15,16)10-4-2-1-3-9(10)12(21)19-11(18)6-5-8(17)7-20/h1-6,20H,7,17-18H2,(H,19,21)/b8-5-,11-6+. The monoisotopic (exact) mass is 301 g/mol. The summed E-state index contributed by atoms with van der Waals surface area (Å²) in [5.41, 5.74) is 9.22. The number of carbonyl (C=O) groups excluding carboxylic acids is 1. The Kier molecular flexibility index (Phi) is 5.37. The fraction of sp³-hybridized carbons (Fsp3) is 0.154. The molecule has 1 rings (SSSR count). The van der Waals surface area contributed by atoms with Crippen LogP contribution in [0.5, 0.6) is 0 Å². The molecule has 8 heteroatoms. The molecule has 0 aliphatic carbocycles. The molecule has 0 saturated heterocycles. The van der Waals surface area contributed by atoms with E-state index in [0.717, 1.165) is 12.1 Å². The van der Waals surface area contributed by atoms with E-state index in [1.165, 1.54) is 24.3 Å². The Bertz CT molecular complexity index is 580. The smallest absolute Gasteiger partial charge is 0.400 e. The Hall–Kier alpha value is -2.48. The predicted octanol–water partition coefficient (Wildman–Crippen LogP) is 1.07. The molecule has 114 valence electrons. The van der Waals surface area contributed by atoms with Gasteiger partial charge in [0.2, 0.25) is 0 Å². The molecule has 0 unspecified atom stereocenters. The van der Waals surface area contributed by atoms with Crippen molar-refractivity contribution in [3.63, 3.8) is 0 Å². The summed E-state index contributed by atoms with van der Waals surface area (Å²) in [5, 5.41) is 10.8. The van der Waals surface area contributed by atoms with E-state index in [1.807, 2.05) is 0 Å². The third-order valence-corrected chi connectivity index (χ3v) is 2.39. The topological polar surface area (TPSA) is 101 Å². The minimum Gasteiger partial charge on any atom is -0.400 e. The molecule has 0 atom stereocenters. The van der Waals surface area contributed by atoms with Gasteiger partial charge >= 0.3 is 6.18 Å². The summed E-state index contributed by atoms with van der Waals surface area (Å²) in [6.07, 6.45) is -2.25. The molecule has 0 aliphatic rings. The van der Waals surface area contributed by atoms with Crippen LogP contribution in [0, 0.1) is 0 Å². The Labute approximate surface area is 118 Å².